The van der Waals surface area contributed by atoms with Crippen molar-refractivity contribution in [3.8, 4) is 0 Å². The molecule has 1 N–H and O–H groups in total. The topological polar surface area (TPSA) is 46.1 Å². The fraction of sp³-hybridized carbons (Fsp3) is 0.632. The number of guanidine groups is 1. The molecule has 6 heteroatoms. The molecular weight excluding hydrogens is 321 g/mol. The highest BCUT2D eigenvalue weighted by atomic mass is 19.1. The third-order valence-corrected chi connectivity index (χ3v) is 4.41. The van der Waals surface area contributed by atoms with Crippen LogP contribution in [0.4, 0.5) is 4.39 Å². The molecule has 1 fully saturated rings. The van der Waals surface area contributed by atoms with Crippen molar-refractivity contribution in [2.45, 2.75) is 26.4 Å². The molecule has 0 aliphatic carbocycles. The van der Waals surface area contributed by atoms with Gasteiger partial charge in [-0.25, -0.2) is 4.39 Å². The maximum atomic E-state index is 13.1. The molecule has 140 valence electrons. The van der Waals surface area contributed by atoms with E-state index in [4.69, 9.17) is 14.5 Å². The van der Waals surface area contributed by atoms with Crippen LogP contribution in [0.1, 0.15) is 31.9 Å². The first kappa shape index (κ1) is 19.7. The lowest BCUT2D eigenvalue weighted by Crippen LogP contribution is -2.40. The predicted molar refractivity (Wildman–Crippen MR) is 98.3 cm³/mol. The Balaban J connectivity index is 1.99. The number of nitrogens with one attached hydrogen (secondary N) is 1. The summed E-state index contributed by atoms with van der Waals surface area (Å²) in [6, 6.07) is 6.41. The summed E-state index contributed by atoms with van der Waals surface area (Å²) in [4.78, 5) is 7.03. The first-order valence-electron chi connectivity index (χ1n) is 9.07. The average molecular weight is 351 g/mol. The quantitative estimate of drug-likeness (QED) is 0.578. The van der Waals surface area contributed by atoms with E-state index in [-0.39, 0.29) is 11.9 Å². The molecular formula is C19H30FN3O2. The molecule has 1 saturated heterocycles. The molecule has 5 nitrogen and oxygen atoms in total. The zero-order valence-corrected chi connectivity index (χ0v) is 15.5. The molecule has 2 unspecified atom stereocenters. The molecule has 0 spiro atoms. The second kappa shape index (κ2) is 10.4. The Hall–Kier alpha value is -1.66. The van der Waals surface area contributed by atoms with Gasteiger partial charge in [0.2, 0.25) is 0 Å². The van der Waals surface area contributed by atoms with Crippen LogP contribution in [0.2, 0.25) is 0 Å². The van der Waals surface area contributed by atoms with E-state index < -0.39 is 0 Å². The Bertz CT molecular complexity index is 536. The molecule has 1 heterocycles. The molecule has 1 aromatic carbocycles. The van der Waals surface area contributed by atoms with Crippen molar-refractivity contribution in [2.75, 3.05) is 46.5 Å². The van der Waals surface area contributed by atoms with E-state index in [9.17, 15) is 4.39 Å². The number of hydrogen-bond acceptors (Lipinski definition) is 3. The van der Waals surface area contributed by atoms with Crippen LogP contribution in [0, 0.1) is 11.7 Å². The Labute approximate surface area is 150 Å². The lowest BCUT2D eigenvalue weighted by molar-refractivity contribution is 0.110. The first-order valence-corrected chi connectivity index (χ1v) is 9.07. The van der Waals surface area contributed by atoms with Gasteiger partial charge in [0.25, 0.3) is 0 Å². The molecule has 2 rings (SSSR count). The van der Waals surface area contributed by atoms with Gasteiger partial charge in [-0.2, -0.15) is 0 Å². The number of aliphatic imine (C=N–C) groups is 1. The van der Waals surface area contributed by atoms with Gasteiger partial charge < -0.3 is 19.7 Å². The minimum absolute atomic E-state index is 0.184. The summed E-state index contributed by atoms with van der Waals surface area (Å²) in [5.74, 6) is 1.22. The summed E-state index contributed by atoms with van der Waals surface area (Å²) >= 11 is 0. The zero-order chi connectivity index (χ0) is 18.1. The van der Waals surface area contributed by atoms with Crippen LogP contribution in [0.5, 0.6) is 0 Å². The van der Waals surface area contributed by atoms with Crippen LogP contribution < -0.4 is 5.32 Å². The van der Waals surface area contributed by atoms with E-state index in [2.05, 4.69) is 17.1 Å². The fourth-order valence-electron chi connectivity index (χ4n) is 3.03. The average Bonchev–Trinajstić information content (AvgIpc) is 3.09. The molecule has 1 aliphatic rings. The van der Waals surface area contributed by atoms with Crippen molar-refractivity contribution in [2.24, 2.45) is 10.9 Å². The van der Waals surface area contributed by atoms with E-state index in [1.54, 1.807) is 19.2 Å². The van der Waals surface area contributed by atoms with Crippen LogP contribution in [0.3, 0.4) is 0 Å². The summed E-state index contributed by atoms with van der Waals surface area (Å²) in [5.41, 5.74) is 0.930. The fourth-order valence-corrected chi connectivity index (χ4v) is 3.03. The summed E-state index contributed by atoms with van der Waals surface area (Å²) in [7, 11) is 1.66. The lowest BCUT2D eigenvalue weighted by Gasteiger charge is -2.23. The van der Waals surface area contributed by atoms with Crippen LogP contribution >= 0.6 is 0 Å². The summed E-state index contributed by atoms with van der Waals surface area (Å²) < 4.78 is 24.2. The van der Waals surface area contributed by atoms with Gasteiger partial charge in [0.15, 0.2) is 5.96 Å². The minimum atomic E-state index is -0.243. The Kier molecular flexibility index (Phi) is 8.15. The maximum Gasteiger partial charge on any atom is 0.194 e. The molecule has 0 radical (unpaired) electrons. The summed E-state index contributed by atoms with van der Waals surface area (Å²) in [6.45, 7) is 8.92. The molecule has 0 bridgehead atoms. The molecule has 1 aromatic rings. The van der Waals surface area contributed by atoms with Crippen molar-refractivity contribution in [1.82, 2.24) is 10.2 Å². The highest BCUT2D eigenvalue weighted by molar-refractivity contribution is 5.80. The number of halogens is 1. The van der Waals surface area contributed by atoms with E-state index in [0.717, 1.165) is 50.8 Å². The highest BCUT2D eigenvalue weighted by Gasteiger charge is 2.25. The second-order valence-electron chi connectivity index (χ2n) is 6.23. The van der Waals surface area contributed by atoms with Gasteiger partial charge in [-0.1, -0.05) is 12.1 Å². The van der Waals surface area contributed by atoms with Gasteiger partial charge >= 0.3 is 0 Å². The number of methoxy groups -OCH3 is 1. The molecule has 0 aromatic heterocycles. The van der Waals surface area contributed by atoms with Gasteiger partial charge in [0.05, 0.1) is 13.2 Å². The SMILES string of the molecule is CCNC(=NCC(OC)c1ccc(F)cc1)N1CCC(COCC)C1. The van der Waals surface area contributed by atoms with Crippen LogP contribution in [-0.2, 0) is 9.47 Å². The van der Waals surface area contributed by atoms with Gasteiger partial charge in [-0.15, -0.1) is 0 Å². The van der Waals surface area contributed by atoms with Crippen LogP contribution in [0.25, 0.3) is 0 Å². The largest absolute Gasteiger partial charge is 0.381 e. The number of nitrogens with zero attached hydrogens (tertiary/aromatic N) is 2. The van der Waals surface area contributed by atoms with Crippen LogP contribution in [-0.4, -0.2) is 57.4 Å². The van der Waals surface area contributed by atoms with Gasteiger partial charge in [-0.3, -0.25) is 4.99 Å². The standard InChI is InChI=1S/C19H30FN3O2/c1-4-21-19(23-11-10-15(13-23)14-25-5-2)22-12-18(24-3)16-6-8-17(20)9-7-16/h6-9,15,18H,4-5,10-14H2,1-3H3,(H,21,22). The number of hydrogen-bond donors (Lipinski definition) is 1. The third-order valence-electron chi connectivity index (χ3n) is 4.41. The number of benzene rings is 1. The minimum Gasteiger partial charge on any atom is -0.381 e. The monoisotopic (exact) mass is 351 g/mol. The van der Waals surface area contributed by atoms with Crippen molar-refractivity contribution in [3.63, 3.8) is 0 Å². The van der Waals surface area contributed by atoms with E-state index in [1.807, 2.05) is 6.92 Å². The predicted octanol–water partition coefficient (Wildman–Crippen LogP) is 2.84. The summed E-state index contributed by atoms with van der Waals surface area (Å²) in [5, 5.41) is 3.36. The maximum absolute atomic E-state index is 13.1. The Morgan fingerprint density at radius 3 is 2.76 bits per heavy atom. The van der Waals surface area contributed by atoms with Crippen molar-refractivity contribution >= 4 is 5.96 Å². The van der Waals surface area contributed by atoms with E-state index >= 15 is 0 Å². The van der Waals surface area contributed by atoms with Gasteiger partial charge in [-0.05, 0) is 38.0 Å². The number of rotatable bonds is 8. The van der Waals surface area contributed by atoms with Gasteiger partial charge in [0, 0.05) is 39.3 Å². The molecule has 0 amide bonds. The molecule has 25 heavy (non-hydrogen) atoms. The van der Waals surface area contributed by atoms with E-state index in [1.165, 1.54) is 12.1 Å². The van der Waals surface area contributed by atoms with Crippen LogP contribution in [0.15, 0.2) is 29.3 Å². The third kappa shape index (κ3) is 5.97. The molecule has 2 atom stereocenters. The normalized spacial score (nSPS) is 19.3. The number of ether oxygens (including phenoxy) is 2. The second-order valence-corrected chi connectivity index (χ2v) is 6.23. The summed E-state index contributed by atoms with van der Waals surface area (Å²) in [6.07, 6.45) is 0.937. The Morgan fingerprint density at radius 2 is 2.12 bits per heavy atom. The van der Waals surface area contributed by atoms with Gasteiger partial charge in [0.1, 0.15) is 11.9 Å². The lowest BCUT2D eigenvalue weighted by atomic mass is 10.1. The first-order chi connectivity index (χ1) is 12.2. The van der Waals surface area contributed by atoms with Crippen molar-refractivity contribution in [3.05, 3.63) is 35.6 Å². The smallest absolute Gasteiger partial charge is 0.194 e. The van der Waals surface area contributed by atoms with Crippen molar-refractivity contribution in [1.29, 1.82) is 0 Å². The van der Waals surface area contributed by atoms with E-state index in [0.29, 0.717) is 12.5 Å². The Morgan fingerprint density at radius 1 is 1.36 bits per heavy atom. The van der Waals surface area contributed by atoms with Crippen molar-refractivity contribution < 1.29 is 13.9 Å². The molecule has 1 aliphatic heterocycles. The number of likely N-dealkylation sites (tertiary alicyclic amines) is 1. The molecule has 0 saturated carbocycles. The highest BCUT2D eigenvalue weighted by Crippen LogP contribution is 2.19. The zero-order valence-electron chi connectivity index (χ0n) is 15.5.